The maximum absolute atomic E-state index is 12.3. The summed E-state index contributed by atoms with van der Waals surface area (Å²) in [7, 11) is 4.36. The van der Waals surface area contributed by atoms with Crippen molar-refractivity contribution in [1.29, 1.82) is 0 Å². The van der Waals surface area contributed by atoms with Gasteiger partial charge in [-0.1, -0.05) is 6.92 Å². The number of ether oxygens (including phenoxy) is 3. The van der Waals surface area contributed by atoms with E-state index in [2.05, 4.69) is 16.0 Å². The van der Waals surface area contributed by atoms with Gasteiger partial charge in [-0.3, -0.25) is 14.4 Å². The van der Waals surface area contributed by atoms with Gasteiger partial charge in [0.15, 0.2) is 11.5 Å². The van der Waals surface area contributed by atoms with Gasteiger partial charge in [-0.15, -0.1) is 0 Å². The van der Waals surface area contributed by atoms with E-state index in [1.54, 1.807) is 0 Å². The normalized spacial score (nSPS) is 11.2. The molecule has 0 saturated heterocycles. The molecule has 0 radical (unpaired) electrons. The Labute approximate surface area is 165 Å². The summed E-state index contributed by atoms with van der Waals surface area (Å²) in [5, 5.41) is 7.92. The molecule has 156 valence electrons. The van der Waals surface area contributed by atoms with Gasteiger partial charge in [-0.2, -0.15) is 0 Å². The molecular formula is C19H29N3O6. The third-order valence-corrected chi connectivity index (χ3v) is 4.03. The molecule has 0 fully saturated rings. The Balaban J connectivity index is 2.53. The van der Waals surface area contributed by atoms with Crippen LogP contribution in [0.4, 0.5) is 0 Å². The molecule has 1 aromatic rings. The van der Waals surface area contributed by atoms with E-state index in [1.165, 1.54) is 33.5 Å². The molecule has 28 heavy (non-hydrogen) atoms. The van der Waals surface area contributed by atoms with E-state index in [1.807, 2.05) is 13.8 Å². The summed E-state index contributed by atoms with van der Waals surface area (Å²) >= 11 is 0. The molecule has 0 aliphatic carbocycles. The number of nitrogens with one attached hydrogen (secondary N) is 3. The first kappa shape index (κ1) is 23.1. The van der Waals surface area contributed by atoms with E-state index in [9.17, 15) is 14.4 Å². The van der Waals surface area contributed by atoms with Gasteiger partial charge in [0.1, 0.15) is 0 Å². The molecular weight excluding hydrogens is 366 g/mol. The summed E-state index contributed by atoms with van der Waals surface area (Å²) < 4.78 is 15.6. The first-order valence-corrected chi connectivity index (χ1v) is 9.00. The molecule has 3 amide bonds. The number of benzene rings is 1. The minimum Gasteiger partial charge on any atom is -0.493 e. The summed E-state index contributed by atoms with van der Waals surface area (Å²) in [5.74, 6) is 0.0552. The van der Waals surface area contributed by atoms with E-state index in [0.717, 1.165) is 6.42 Å². The number of carbonyl (C=O) groups excluding carboxylic acids is 3. The molecule has 0 saturated carbocycles. The lowest BCUT2D eigenvalue weighted by Gasteiger charge is -2.14. The van der Waals surface area contributed by atoms with Gasteiger partial charge in [-0.05, 0) is 25.5 Å². The van der Waals surface area contributed by atoms with Crippen molar-refractivity contribution in [3.8, 4) is 17.2 Å². The minimum absolute atomic E-state index is 0.0981. The zero-order valence-electron chi connectivity index (χ0n) is 17.0. The largest absolute Gasteiger partial charge is 0.493 e. The lowest BCUT2D eigenvalue weighted by Crippen LogP contribution is -2.39. The number of hydrogen-bond donors (Lipinski definition) is 3. The van der Waals surface area contributed by atoms with E-state index < -0.39 is 11.8 Å². The number of amides is 3. The van der Waals surface area contributed by atoms with Crippen LogP contribution in [0.2, 0.25) is 0 Å². The van der Waals surface area contributed by atoms with Crippen molar-refractivity contribution in [3.05, 3.63) is 17.7 Å². The zero-order valence-corrected chi connectivity index (χ0v) is 17.0. The van der Waals surface area contributed by atoms with E-state index in [-0.39, 0.29) is 37.0 Å². The molecule has 0 spiro atoms. The van der Waals surface area contributed by atoms with Crippen LogP contribution in [-0.4, -0.2) is 58.2 Å². The molecule has 1 atom stereocenters. The van der Waals surface area contributed by atoms with Crippen LogP contribution >= 0.6 is 0 Å². The van der Waals surface area contributed by atoms with Crippen LogP contribution in [0.15, 0.2) is 12.1 Å². The second kappa shape index (κ2) is 11.7. The van der Waals surface area contributed by atoms with Gasteiger partial charge in [0.25, 0.3) is 5.91 Å². The predicted molar refractivity (Wildman–Crippen MR) is 104 cm³/mol. The monoisotopic (exact) mass is 395 g/mol. The molecule has 0 aromatic heterocycles. The van der Waals surface area contributed by atoms with Gasteiger partial charge in [0.2, 0.25) is 17.6 Å². The van der Waals surface area contributed by atoms with Crippen molar-refractivity contribution in [2.24, 2.45) is 0 Å². The molecule has 3 N–H and O–H groups in total. The minimum atomic E-state index is -0.469. The second-order valence-electron chi connectivity index (χ2n) is 6.07. The fraction of sp³-hybridized carbons (Fsp3) is 0.526. The van der Waals surface area contributed by atoms with Crippen molar-refractivity contribution < 1.29 is 28.6 Å². The van der Waals surface area contributed by atoms with Gasteiger partial charge in [-0.25, -0.2) is 0 Å². The van der Waals surface area contributed by atoms with Crippen LogP contribution < -0.4 is 30.2 Å². The molecule has 0 heterocycles. The van der Waals surface area contributed by atoms with E-state index in [0.29, 0.717) is 17.2 Å². The third kappa shape index (κ3) is 6.98. The molecule has 0 aliphatic heterocycles. The topological polar surface area (TPSA) is 115 Å². The first-order chi connectivity index (χ1) is 13.4. The Kier molecular flexibility index (Phi) is 9.63. The highest BCUT2D eigenvalue weighted by atomic mass is 16.5. The Morgan fingerprint density at radius 1 is 0.964 bits per heavy atom. The third-order valence-electron chi connectivity index (χ3n) is 4.03. The summed E-state index contributed by atoms with van der Waals surface area (Å²) in [6.07, 6.45) is 1.02. The number of rotatable bonds is 11. The fourth-order valence-electron chi connectivity index (χ4n) is 2.30. The van der Waals surface area contributed by atoms with E-state index >= 15 is 0 Å². The Bertz CT molecular complexity index is 667. The van der Waals surface area contributed by atoms with Gasteiger partial charge >= 0.3 is 0 Å². The number of hydrogen-bond acceptors (Lipinski definition) is 6. The smallest absolute Gasteiger partial charge is 0.251 e. The van der Waals surface area contributed by atoms with Crippen LogP contribution in [0.3, 0.4) is 0 Å². The zero-order chi connectivity index (χ0) is 21.1. The van der Waals surface area contributed by atoms with Crippen LogP contribution in [0, 0.1) is 0 Å². The average Bonchev–Trinajstić information content (AvgIpc) is 2.70. The Morgan fingerprint density at radius 2 is 1.57 bits per heavy atom. The molecule has 9 heteroatoms. The van der Waals surface area contributed by atoms with Crippen molar-refractivity contribution in [3.63, 3.8) is 0 Å². The SMILES string of the molecule is CCC(C)NC(=O)CCNC(=O)CNC(=O)c1cc(OC)c(OC)c(OC)c1. The highest BCUT2D eigenvalue weighted by Gasteiger charge is 2.17. The molecule has 1 aromatic carbocycles. The first-order valence-electron chi connectivity index (χ1n) is 9.00. The van der Waals surface area contributed by atoms with Crippen molar-refractivity contribution >= 4 is 17.7 Å². The number of methoxy groups -OCH3 is 3. The van der Waals surface area contributed by atoms with Crippen molar-refractivity contribution in [2.75, 3.05) is 34.4 Å². The summed E-state index contributed by atoms with van der Waals surface area (Å²) in [4.78, 5) is 35.8. The average molecular weight is 395 g/mol. The predicted octanol–water partition coefficient (Wildman–Crippen LogP) is 0.863. The van der Waals surface area contributed by atoms with E-state index in [4.69, 9.17) is 14.2 Å². The van der Waals surface area contributed by atoms with Crippen LogP contribution in [0.1, 0.15) is 37.0 Å². The molecule has 0 bridgehead atoms. The van der Waals surface area contributed by atoms with Gasteiger partial charge in [0, 0.05) is 24.6 Å². The summed E-state index contributed by atoms with van der Waals surface area (Å²) in [6.45, 7) is 3.86. The molecule has 9 nitrogen and oxygen atoms in total. The maximum atomic E-state index is 12.3. The van der Waals surface area contributed by atoms with Crippen LogP contribution in [-0.2, 0) is 9.59 Å². The quantitative estimate of drug-likeness (QED) is 0.512. The lowest BCUT2D eigenvalue weighted by molar-refractivity contribution is -0.122. The Hall–Kier alpha value is -2.97. The van der Waals surface area contributed by atoms with Gasteiger partial charge in [0.05, 0.1) is 27.9 Å². The van der Waals surface area contributed by atoms with Crippen molar-refractivity contribution in [2.45, 2.75) is 32.7 Å². The molecule has 1 rings (SSSR count). The fourth-order valence-corrected chi connectivity index (χ4v) is 2.30. The van der Waals surface area contributed by atoms with Crippen LogP contribution in [0.25, 0.3) is 0 Å². The van der Waals surface area contributed by atoms with Crippen LogP contribution in [0.5, 0.6) is 17.2 Å². The number of carbonyl (C=O) groups is 3. The van der Waals surface area contributed by atoms with Crippen molar-refractivity contribution in [1.82, 2.24) is 16.0 Å². The lowest BCUT2D eigenvalue weighted by atomic mass is 10.1. The summed E-state index contributed by atoms with van der Waals surface area (Å²) in [5.41, 5.74) is 0.259. The second-order valence-corrected chi connectivity index (χ2v) is 6.07. The maximum Gasteiger partial charge on any atom is 0.251 e. The molecule has 1 unspecified atom stereocenters. The highest BCUT2D eigenvalue weighted by molar-refractivity contribution is 5.97. The van der Waals surface area contributed by atoms with Gasteiger partial charge < -0.3 is 30.2 Å². The Morgan fingerprint density at radius 3 is 2.07 bits per heavy atom. The highest BCUT2D eigenvalue weighted by Crippen LogP contribution is 2.38. The summed E-state index contributed by atoms with van der Waals surface area (Å²) in [6, 6.07) is 3.09. The molecule has 0 aliphatic rings. The standard InChI is InChI=1S/C19H29N3O6/c1-6-12(2)22-16(23)7-8-20-17(24)11-21-19(25)13-9-14(26-3)18(28-5)15(10-13)27-4/h9-10,12H,6-8,11H2,1-5H3,(H,20,24)(H,21,25)(H,22,23).